The Hall–Kier alpha value is -2.79. The van der Waals surface area contributed by atoms with Gasteiger partial charge in [-0.2, -0.15) is 0 Å². The van der Waals surface area contributed by atoms with Crippen molar-refractivity contribution < 1.29 is 9.53 Å². The Morgan fingerprint density at radius 2 is 1.55 bits per heavy atom. The number of nitrogens with zero attached hydrogens (tertiary/aromatic N) is 2. The Labute approximate surface area is 197 Å². The zero-order valence-corrected chi connectivity index (χ0v) is 19.9. The lowest BCUT2D eigenvalue weighted by atomic mass is 9.95. The fourth-order valence-corrected chi connectivity index (χ4v) is 4.88. The summed E-state index contributed by atoms with van der Waals surface area (Å²) in [6, 6.07) is 29.1. The highest BCUT2D eigenvalue weighted by molar-refractivity contribution is 6.00. The minimum Gasteiger partial charge on any atom is -0.371 e. The third-order valence-electron chi connectivity index (χ3n) is 6.54. The van der Waals surface area contributed by atoms with Crippen molar-refractivity contribution in [1.82, 2.24) is 9.80 Å². The number of hydrogen-bond donors (Lipinski definition) is 0. The summed E-state index contributed by atoms with van der Waals surface area (Å²) in [7, 11) is 4.23. The molecule has 0 aliphatic carbocycles. The van der Waals surface area contributed by atoms with Crippen LogP contribution in [0.2, 0.25) is 0 Å². The molecule has 1 fully saturated rings. The van der Waals surface area contributed by atoms with E-state index in [1.807, 2.05) is 30.3 Å². The van der Waals surface area contributed by atoms with E-state index in [4.69, 9.17) is 4.74 Å². The largest absolute Gasteiger partial charge is 0.371 e. The molecule has 0 bridgehead atoms. The van der Waals surface area contributed by atoms with Gasteiger partial charge in [-0.15, -0.1) is 0 Å². The molecule has 0 N–H and O–H groups in total. The van der Waals surface area contributed by atoms with Crippen LogP contribution in [0.1, 0.15) is 52.5 Å². The summed E-state index contributed by atoms with van der Waals surface area (Å²) in [5.74, 6) is 0.200. The summed E-state index contributed by atoms with van der Waals surface area (Å²) in [5, 5.41) is 0. The van der Waals surface area contributed by atoms with Crippen LogP contribution >= 0.6 is 0 Å². The van der Waals surface area contributed by atoms with Crippen LogP contribution in [-0.2, 0) is 4.74 Å². The Kier molecular flexibility index (Phi) is 7.71. The standard InChI is InChI=1S/C29H34N2O2/c1-4-26(29(32)25-13-9-6-10-14-25)31-19-20-33-27(21-31)22-15-17-24(18-16-22)28(30(2)3)23-11-7-5-8-12-23/h5-18,26-28H,4,19-21H2,1-3H3. The highest BCUT2D eigenvalue weighted by Crippen LogP contribution is 2.30. The smallest absolute Gasteiger partial charge is 0.179 e. The van der Waals surface area contributed by atoms with Crippen molar-refractivity contribution in [2.75, 3.05) is 33.8 Å². The van der Waals surface area contributed by atoms with Crippen molar-refractivity contribution in [3.05, 3.63) is 107 Å². The molecular formula is C29H34N2O2. The average molecular weight is 443 g/mol. The molecule has 0 saturated carbocycles. The normalized spacial score (nSPS) is 18.7. The lowest BCUT2D eigenvalue weighted by molar-refractivity contribution is -0.0413. The predicted octanol–water partition coefficient (Wildman–Crippen LogP) is 5.37. The molecule has 3 atom stereocenters. The number of ketones is 1. The lowest BCUT2D eigenvalue weighted by Gasteiger charge is -2.37. The van der Waals surface area contributed by atoms with Gasteiger partial charge in [0.25, 0.3) is 0 Å². The zero-order chi connectivity index (χ0) is 23.2. The number of morpholine rings is 1. The summed E-state index contributed by atoms with van der Waals surface area (Å²) < 4.78 is 6.14. The summed E-state index contributed by atoms with van der Waals surface area (Å²) >= 11 is 0. The van der Waals surface area contributed by atoms with Crippen LogP contribution in [0.3, 0.4) is 0 Å². The number of ether oxygens (including phenoxy) is 1. The molecule has 1 heterocycles. The van der Waals surface area contributed by atoms with Gasteiger partial charge in [-0.1, -0.05) is 91.9 Å². The molecule has 0 aromatic heterocycles. The predicted molar refractivity (Wildman–Crippen MR) is 134 cm³/mol. The van der Waals surface area contributed by atoms with Gasteiger partial charge >= 0.3 is 0 Å². The van der Waals surface area contributed by atoms with Gasteiger partial charge in [0.1, 0.15) is 0 Å². The van der Waals surface area contributed by atoms with Crippen molar-refractivity contribution in [2.24, 2.45) is 0 Å². The first kappa shape index (κ1) is 23.4. The number of Topliss-reactive ketones (excluding diaryl/α,β-unsaturated/α-hetero) is 1. The number of rotatable bonds is 8. The Bertz CT molecular complexity index is 1020. The van der Waals surface area contributed by atoms with Crippen molar-refractivity contribution in [3.8, 4) is 0 Å². The van der Waals surface area contributed by atoms with Gasteiger partial charge in [0.05, 0.1) is 24.8 Å². The molecular weight excluding hydrogens is 408 g/mol. The van der Waals surface area contributed by atoms with Crippen LogP contribution < -0.4 is 0 Å². The Balaban J connectivity index is 1.49. The van der Waals surface area contributed by atoms with Gasteiger partial charge in [-0.3, -0.25) is 14.6 Å². The van der Waals surface area contributed by atoms with Crippen LogP contribution in [0.15, 0.2) is 84.9 Å². The van der Waals surface area contributed by atoms with E-state index in [0.717, 1.165) is 30.6 Å². The lowest BCUT2D eigenvalue weighted by Crippen LogP contribution is -2.48. The first-order chi connectivity index (χ1) is 16.1. The number of hydrogen-bond acceptors (Lipinski definition) is 4. The molecule has 0 spiro atoms. The molecule has 0 amide bonds. The van der Waals surface area contributed by atoms with E-state index < -0.39 is 0 Å². The minimum absolute atomic E-state index is 0.0278. The second-order valence-corrected chi connectivity index (χ2v) is 8.95. The summed E-state index contributed by atoms with van der Waals surface area (Å²) in [4.78, 5) is 17.7. The van der Waals surface area contributed by atoms with Gasteiger partial charge in [0.15, 0.2) is 5.78 Å². The van der Waals surface area contributed by atoms with Crippen molar-refractivity contribution in [2.45, 2.75) is 31.5 Å². The van der Waals surface area contributed by atoms with Crippen molar-refractivity contribution in [3.63, 3.8) is 0 Å². The van der Waals surface area contributed by atoms with Crippen LogP contribution in [0.25, 0.3) is 0 Å². The zero-order valence-electron chi connectivity index (χ0n) is 19.9. The molecule has 0 radical (unpaired) electrons. The molecule has 3 aromatic carbocycles. The summed E-state index contributed by atoms with van der Waals surface area (Å²) in [6.45, 7) is 4.24. The molecule has 3 unspecified atom stereocenters. The summed E-state index contributed by atoms with van der Waals surface area (Å²) in [6.07, 6.45) is 0.765. The van der Waals surface area contributed by atoms with Gasteiger partial charge in [0, 0.05) is 18.7 Å². The first-order valence-electron chi connectivity index (χ1n) is 11.8. The molecule has 4 heteroatoms. The molecule has 1 saturated heterocycles. The number of benzene rings is 3. The van der Waals surface area contributed by atoms with E-state index in [2.05, 4.69) is 85.4 Å². The molecule has 33 heavy (non-hydrogen) atoms. The SMILES string of the molecule is CCC(C(=O)c1ccccc1)N1CCOC(c2ccc(C(c3ccccc3)N(C)C)cc2)C1. The highest BCUT2D eigenvalue weighted by Gasteiger charge is 2.31. The maximum atomic E-state index is 13.1. The van der Waals surface area contributed by atoms with E-state index in [1.165, 1.54) is 11.1 Å². The van der Waals surface area contributed by atoms with E-state index in [9.17, 15) is 4.79 Å². The monoisotopic (exact) mass is 442 g/mol. The molecule has 172 valence electrons. The van der Waals surface area contributed by atoms with Gasteiger partial charge in [-0.25, -0.2) is 0 Å². The maximum absolute atomic E-state index is 13.1. The van der Waals surface area contributed by atoms with Gasteiger partial charge in [-0.05, 0) is 37.2 Å². The van der Waals surface area contributed by atoms with Crippen molar-refractivity contribution in [1.29, 1.82) is 0 Å². The first-order valence-corrected chi connectivity index (χ1v) is 11.8. The van der Waals surface area contributed by atoms with E-state index in [0.29, 0.717) is 6.61 Å². The third-order valence-corrected chi connectivity index (χ3v) is 6.54. The quantitative estimate of drug-likeness (QED) is 0.439. The van der Waals surface area contributed by atoms with E-state index >= 15 is 0 Å². The maximum Gasteiger partial charge on any atom is 0.179 e. The minimum atomic E-state index is -0.116. The summed E-state index contributed by atoms with van der Waals surface area (Å²) in [5.41, 5.74) is 4.48. The number of carbonyl (C=O) groups excluding carboxylic acids is 1. The van der Waals surface area contributed by atoms with E-state index in [1.54, 1.807) is 0 Å². The van der Waals surface area contributed by atoms with Crippen LogP contribution in [-0.4, -0.2) is 55.4 Å². The number of carbonyl (C=O) groups is 1. The van der Waals surface area contributed by atoms with Crippen LogP contribution in [0.4, 0.5) is 0 Å². The Morgan fingerprint density at radius 3 is 2.15 bits per heavy atom. The van der Waals surface area contributed by atoms with E-state index in [-0.39, 0.29) is 24.0 Å². The fraction of sp³-hybridized carbons (Fsp3) is 0.345. The topological polar surface area (TPSA) is 32.8 Å². The molecule has 4 rings (SSSR count). The second-order valence-electron chi connectivity index (χ2n) is 8.95. The van der Waals surface area contributed by atoms with Crippen LogP contribution in [0.5, 0.6) is 0 Å². The molecule has 1 aliphatic heterocycles. The second kappa shape index (κ2) is 10.9. The van der Waals surface area contributed by atoms with Crippen molar-refractivity contribution >= 4 is 5.78 Å². The van der Waals surface area contributed by atoms with Crippen LogP contribution in [0, 0.1) is 0 Å². The molecule has 1 aliphatic rings. The highest BCUT2D eigenvalue weighted by atomic mass is 16.5. The fourth-order valence-electron chi connectivity index (χ4n) is 4.88. The molecule has 4 nitrogen and oxygen atoms in total. The third kappa shape index (κ3) is 5.41. The average Bonchev–Trinajstić information content (AvgIpc) is 2.86. The Morgan fingerprint density at radius 1 is 0.939 bits per heavy atom. The molecule has 3 aromatic rings. The van der Waals surface area contributed by atoms with Gasteiger partial charge < -0.3 is 4.74 Å². The van der Waals surface area contributed by atoms with Gasteiger partial charge in [0.2, 0.25) is 0 Å².